The van der Waals surface area contributed by atoms with E-state index in [2.05, 4.69) is 27.9 Å². The van der Waals surface area contributed by atoms with Crippen LogP contribution in [0, 0.1) is 6.92 Å². The predicted octanol–water partition coefficient (Wildman–Crippen LogP) is 2.84. The lowest BCUT2D eigenvalue weighted by atomic mass is 10.1. The van der Waals surface area contributed by atoms with Crippen molar-refractivity contribution in [1.29, 1.82) is 0 Å². The summed E-state index contributed by atoms with van der Waals surface area (Å²) in [6, 6.07) is 2.08. The van der Waals surface area contributed by atoms with Gasteiger partial charge in [-0.25, -0.2) is 9.97 Å². The summed E-state index contributed by atoms with van der Waals surface area (Å²) in [5.74, 6) is 0.681. The highest BCUT2D eigenvalue weighted by molar-refractivity contribution is 7.81. The molecule has 0 aromatic carbocycles. The topological polar surface area (TPSA) is 90.7 Å². The molecule has 3 aromatic rings. The highest BCUT2D eigenvalue weighted by Crippen LogP contribution is 2.38. The van der Waals surface area contributed by atoms with E-state index in [9.17, 15) is 0 Å². The first-order valence-electron chi connectivity index (χ1n) is 6.82. The zero-order valence-electron chi connectivity index (χ0n) is 12.3. The zero-order chi connectivity index (χ0) is 15.9. The lowest BCUT2D eigenvalue weighted by Crippen LogP contribution is -2.09. The molecule has 0 aliphatic heterocycles. The van der Waals surface area contributed by atoms with Gasteiger partial charge in [-0.3, -0.25) is 4.98 Å². The molecule has 0 aliphatic carbocycles. The largest absolute Gasteiger partial charge is 0.397 e. The number of nitrogens with two attached hydrogens (primary N) is 2. The Morgan fingerprint density at radius 3 is 2.77 bits per heavy atom. The summed E-state index contributed by atoms with van der Waals surface area (Å²) in [6.07, 6.45) is 4.55. The molecular formula is C15H15N5S2. The van der Waals surface area contributed by atoms with E-state index in [0.29, 0.717) is 16.4 Å². The smallest absolute Gasteiger partial charge is 0.130 e. The summed E-state index contributed by atoms with van der Waals surface area (Å²) in [6.45, 7) is 3.95. The van der Waals surface area contributed by atoms with Crippen molar-refractivity contribution in [3.05, 3.63) is 34.7 Å². The van der Waals surface area contributed by atoms with Gasteiger partial charge in [0.2, 0.25) is 0 Å². The molecule has 0 spiro atoms. The number of hydrogen-bond acceptors (Lipinski definition) is 6. The molecule has 3 rings (SSSR count). The van der Waals surface area contributed by atoms with Crippen molar-refractivity contribution in [3.63, 3.8) is 0 Å². The van der Waals surface area contributed by atoms with Gasteiger partial charge < -0.3 is 11.5 Å². The Morgan fingerprint density at radius 1 is 1.32 bits per heavy atom. The van der Waals surface area contributed by atoms with Gasteiger partial charge in [0.05, 0.1) is 21.6 Å². The third-order valence-corrected chi connectivity index (χ3v) is 4.87. The Bertz CT molecular complexity index is 885. The van der Waals surface area contributed by atoms with E-state index in [1.54, 1.807) is 6.20 Å². The number of aromatic nitrogens is 3. The lowest BCUT2D eigenvalue weighted by Gasteiger charge is -2.06. The van der Waals surface area contributed by atoms with Gasteiger partial charge in [0, 0.05) is 18.0 Å². The van der Waals surface area contributed by atoms with Crippen LogP contribution in [0.25, 0.3) is 21.5 Å². The second-order valence-corrected chi connectivity index (χ2v) is 6.38. The Labute approximate surface area is 137 Å². The van der Waals surface area contributed by atoms with Crippen molar-refractivity contribution in [1.82, 2.24) is 15.0 Å². The number of pyridine rings is 1. The van der Waals surface area contributed by atoms with Gasteiger partial charge in [-0.05, 0) is 25.0 Å². The van der Waals surface area contributed by atoms with Crippen molar-refractivity contribution in [3.8, 4) is 11.3 Å². The molecule has 22 heavy (non-hydrogen) atoms. The first-order chi connectivity index (χ1) is 10.5. The molecule has 0 saturated heterocycles. The van der Waals surface area contributed by atoms with Crippen molar-refractivity contribution in [2.75, 3.05) is 5.73 Å². The minimum absolute atomic E-state index is 0.282. The van der Waals surface area contributed by atoms with Gasteiger partial charge in [-0.2, -0.15) is 0 Å². The molecule has 0 fully saturated rings. The highest BCUT2D eigenvalue weighted by atomic mass is 32.1. The number of thiophene rings is 1. The van der Waals surface area contributed by atoms with Crippen LogP contribution in [-0.2, 0) is 6.42 Å². The van der Waals surface area contributed by atoms with Gasteiger partial charge in [0.25, 0.3) is 0 Å². The van der Waals surface area contributed by atoms with E-state index in [0.717, 1.165) is 33.5 Å². The maximum Gasteiger partial charge on any atom is 0.130 e. The van der Waals surface area contributed by atoms with Crippen LogP contribution >= 0.6 is 23.6 Å². The molecule has 3 heterocycles. The number of aryl methyl sites for hydroxylation is 2. The van der Waals surface area contributed by atoms with Crippen molar-refractivity contribution < 1.29 is 0 Å². The van der Waals surface area contributed by atoms with Crippen LogP contribution in [0.4, 0.5) is 5.69 Å². The predicted molar refractivity (Wildman–Crippen MR) is 95.1 cm³/mol. The van der Waals surface area contributed by atoms with E-state index in [4.69, 9.17) is 23.7 Å². The quantitative estimate of drug-likeness (QED) is 0.718. The monoisotopic (exact) mass is 329 g/mol. The second kappa shape index (κ2) is 5.58. The fourth-order valence-corrected chi connectivity index (χ4v) is 3.56. The summed E-state index contributed by atoms with van der Waals surface area (Å²) in [4.78, 5) is 15.1. The van der Waals surface area contributed by atoms with Crippen LogP contribution in [0.5, 0.6) is 0 Å². The summed E-state index contributed by atoms with van der Waals surface area (Å²) < 4.78 is 0. The van der Waals surface area contributed by atoms with Gasteiger partial charge in [0.15, 0.2) is 0 Å². The Kier molecular flexibility index (Phi) is 3.76. The molecule has 3 aromatic heterocycles. The first-order valence-corrected chi connectivity index (χ1v) is 8.04. The second-order valence-electron chi connectivity index (χ2n) is 4.94. The maximum absolute atomic E-state index is 6.24. The Hall–Kier alpha value is -2.12. The molecule has 7 heteroatoms. The molecule has 5 nitrogen and oxygen atoms in total. The van der Waals surface area contributed by atoms with Crippen LogP contribution in [0.2, 0.25) is 0 Å². The maximum atomic E-state index is 6.24. The minimum Gasteiger partial charge on any atom is -0.397 e. The SMILES string of the molecule is CCc1cncc(-c2nc(C)nc3sc(C(N)=S)c(N)c23)c1. The van der Waals surface area contributed by atoms with E-state index >= 15 is 0 Å². The number of nitrogen functional groups attached to an aromatic ring is 1. The normalized spacial score (nSPS) is 11.0. The average Bonchev–Trinajstić information content (AvgIpc) is 2.83. The van der Waals surface area contributed by atoms with Crippen LogP contribution in [0.1, 0.15) is 23.2 Å². The number of rotatable bonds is 3. The highest BCUT2D eigenvalue weighted by Gasteiger charge is 2.19. The fraction of sp³-hybridized carbons (Fsp3) is 0.200. The number of nitrogens with zero attached hydrogens (tertiary/aromatic N) is 3. The number of fused-ring (bicyclic) bond motifs is 1. The molecular weight excluding hydrogens is 314 g/mol. The number of thiocarbonyl (C=S) groups is 1. The van der Waals surface area contributed by atoms with E-state index < -0.39 is 0 Å². The van der Waals surface area contributed by atoms with Crippen molar-refractivity contribution in [2.45, 2.75) is 20.3 Å². The van der Waals surface area contributed by atoms with Crippen LogP contribution < -0.4 is 11.5 Å². The average molecular weight is 329 g/mol. The molecule has 4 N–H and O–H groups in total. The number of hydrogen-bond donors (Lipinski definition) is 2. The zero-order valence-corrected chi connectivity index (χ0v) is 13.9. The third-order valence-electron chi connectivity index (χ3n) is 3.40. The summed E-state index contributed by atoms with van der Waals surface area (Å²) >= 11 is 6.47. The molecule has 0 aliphatic rings. The van der Waals surface area contributed by atoms with Crippen molar-refractivity contribution >= 4 is 44.4 Å². The van der Waals surface area contributed by atoms with Gasteiger partial charge >= 0.3 is 0 Å². The fourth-order valence-electron chi connectivity index (χ4n) is 2.33. The van der Waals surface area contributed by atoms with Crippen LogP contribution in [-0.4, -0.2) is 19.9 Å². The molecule has 0 unspecified atom stereocenters. The molecule has 0 amide bonds. The molecule has 0 saturated carbocycles. The lowest BCUT2D eigenvalue weighted by molar-refractivity contribution is 1.08. The van der Waals surface area contributed by atoms with Crippen molar-refractivity contribution in [2.24, 2.45) is 5.73 Å². The van der Waals surface area contributed by atoms with Gasteiger partial charge in [-0.15, -0.1) is 11.3 Å². The summed E-state index contributed by atoms with van der Waals surface area (Å²) in [5.41, 5.74) is 15.4. The van der Waals surface area contributed by atoms with E-state index in [1.165, 1.54) is 11.3 Å². The minimum atomic E-state index is 0.282. The van der Waals surface area contributed by atoms with Gasteiger partial charge in [0.1, 0.15) is 15.6 Å². The van der Waals surface area contributed by atoms with E-state index in [-0.39, 0.29) is 4.99 Å². The Morgan fingerprint density at radius 2 is 2.09 bits per heavy atom. The van der Waals surface area contributed by atoms with Crippen LogP contribution in [0.15, 0.2) is 18.5 Å². The van der Waals surface area contributed by atoms with E-state index in [1.807, 2.05) is 13.1 Å². The molecule has 0 atom stereocenters. The first kappa shape index (κ1) is 14.8. The van der Waals surface area contributed by atoms with Crippen LogP contribution in [0.3, 0.4) is 0 Å². The molecule has 112 valence electrons. The number of anilines is 1. The summed E-state index contributed by atoms with van der Waals surface area (Å²) in [5, 5.41) is 0.799. The van der Waals surface area contributed by atoms with Gasteiger partial charge in [-0.1, -0.05) is 19.1 Å². The Balaban J connectivity index is 2.35. The standard InChI is InChI=1S/C15H15N5S2/c1-3-8-4-9(6-18-5-8)12-10-11(16)13(14(17)21)22-15(10)20-7(2)19-12/h4-6H,3,16H2,1-2H3,(H2,17,21). The molecule has 0 bridgehead atoms. The third kappa shape index (κ3) is 2.42. The summed E-state index contributed by atoms with van der Waals surface area (Å²) in [7, 11) is 0. The molecule has 0 radical (unpaired) electrons.